The number of Topliss-reactive ketones (excluding diaryl/α,β-unsaturated/α-hetero) is 1. The highest BCUT2D eigenvalue weighted by molar-refractivity contribution is 5.83. The second-order valence-electron chi connectivity index (χ2n) is 6.67. The summed E-state index contributed by atoms with van der Waals surface area (Å²) in [6.45, 7) is 1.77. The van der Waals surface area contributed by atoms with Gasteiger partial charge >= 0.3 is 0 Å². The molecule has 3 heteroatoms. The summed E-state index contributed by atoms with van der Waals surface area (Å²) in [5.74, 6) is 0.973. The minimum Gasteiger partial charge on any atom is -0.319 e. The Morgan fingerprint density at radius 2 is 1.45 bits per heavy atom. The molecule has 2 atom stereocenters. The molecule has 0 aromatic carbocycles. The van der Waals surface area contributed by atoms with Crippen LogP contribution >= 0.6 is 0 Å². The Balaban J connectivity index is 2.66. The van der Waals surface area contributed by atoms with Gasteiger partial charge in [0.05, 0.1) is 0 Å². The minimum atomic E-state index is 0.226. The molecular formula is C17H34N2O. The molecule has 0 aromatic rings. The summed E-state index contributed by atoms with van der Waals surface area (Å²) in [6.07, 6.45) is 11.3. The second-order valence-corrected chi connectivity index (χ2v) is 6.67. The van der Waals surface area contributed by atoms with Gasteiger partial charge in [0, 0.05) is 24.9 Å². The molecule has 2 unspecified atom stereocenters. The van der Waals surface area contributed by atoms with Crippen molar-refractivity contribution in [2.24, 2.45) is 11.8 Å². The highest BCUT2D eigenvalue weighted by Crippen LogP contribution is 2.22. The van der Waals surface area contributed by atoms with E-state index in [1.807, 2.05) is 7.05 Å². The lowest BCUT2D eigenvalue weighted by Gasteiger charge is -2.25. The summed E-state index contributed by atoms with van der Waals surface area (Å²) in [7, 11) is 6.12. The quantitative estimate of drug-likeness (QED) is 0.860. The van der Waals surface area contributed by atoms with Crippen LogP contribution in [0.5, 0.6) is 0 Å². The van der Waals surface area contributed by atoms with Crippen LogP contribution in [-0.2, 0) is 4.79 Å². The first-order chi connectivity index (χ1) is 9.65. The van der Waals surface area contributed by atoms with Crippen molar-refractivity contribution in [3.05, 3.63) is 0 Å². The van der Waals surface area contributed by atoms with Gasteiger partial charge in [0.25, 0.3) is 0 Å². The fourth-order valence-corrected chi connectivity index (χ4v) is 3.35. The number of carbonyl (C=O) groups is 1. The monoisotopic (exact) mass is 282 g/mol. The van der Waals surface area contributed by atoms with Crippen LogP contribution in [-0.4, -0.2) is 44.9 Å². The molecule has 1 saturated carbocycles. The molecule has 0 radical (unpaired) electrons. The van der Waals surface area contributed by atoms with E-state index in [2.05, 4.69) is 24.3 Å². The van der Waals surface area contributed by atoms with Gasteiger partial charge < -0.3 is 10.2 Å². The molecular weight excluding hydrogens is 248 g/mol. The number of nitrogens with one attached hydrogen (secondary N) is 1. The molecule has 118 valence electrons. The Kier molecular flexibility index (Phi) is 9.12. The Morgan fingerprint density at radius 1 is 0.950 bits per heavy atom. The van der Waals surface area contributed by atoms with E-state index in [1.54, 1.807) is 0 Å². The van der Waals surface area contributed by atoms with E-state index in [4.69, 9.17) is 0 Å². The highest BCUT2D eigenvalue weighted by atomic mass is 16.1. The van der Waals surface area contributed by atoms with E-state index in [0.717, 1.165) is 25.9 Å². The molecule has 1 aliphatic rings. The third kappa shape index (κ3) is 6.85. The topological polar surface area (TPSA) is 32.3 Å². The maximum Gasteiger partial charge on any atom is 0.141 e. The zero-order chi connectivity index (χ0) is 14.8. The van der Waals surface area contributed by atoms with Gasteiger partial charge in [-0.1, -0.05) is 44.9 Å². The third-order valence-corrected chi connectivity index (χ3v) is 4.45. The standard InChI is InChI=1S/C17H34N2O/c1-18-13-15-11-9-7-5-4-6-8-10-12-16(17(15)20)14-19(2)3/h15-16,18H,4-14H2,1-3H3. The zero-order valence-corrected chi connectivity index (χ0v) is 13.8. The van der Waals surface area contributed by atoms with Gasteiger partial charge in [0.15, 0.2) is 0 Å². The van der Waals surface area contributed by atoms with E-state index in [9.17, 15) is 4.79 Å². The first-order valence-corrected chi connectivity index (χ1v) is 8.48. The van der Waals surface area contributed by atoms with Crippen LogP contribution < -0.4 is 5.32 Å². The summed E-state index contributed by atoms with van der Waals surface area (Å²) >= 11 is 0. The van der Waals surface area contributed by atoms with Crippen molar-refractivity contribution in [1.29, 1.82) is 0 Å². The number of rotatable bonds is 4. The predicted molar refractivity (Wildman–Crippen MR) is 86.0 cm³/mol. The molecule has 1 fully saturated rings. The maximum atomic E-state index is 12.8. The van der Waals surface area contributed by atoms with Gasteiger partial charge in [-0.05, 0) is 34.0 Å². The fourth-order valence-electron chi connectivity index (χ4n) is 3.35. The van der Waals surface area contributed by atoms with Crippen LogP contribution in [0.1, 0.15) is 57.8 Å². The average molecular weight is 282 g/mol. The van der Waals surface area contributed by atoms with Crippen LogP contribution in [0.4, 0.5) is 0 Å². The van der Waals surface area contributed by atoms with E-state index in [-0.39, 0.29) is 11.8 Å². The number of carbonyl (C=O) groups excluding carboxylic acids is 1. The summed E-state index contributed by atoms with van der Waals surface area (Å²) < 4.78 is 0. The lowest BCUT2D eigenvalue weighted by atomic mass is 9.84. The molecule has 0 aliphatic heterocycles. The Morgan fingerprint density at radius 3 is 1.95 bits per heavy atom. The molecule has 3 nitrogen and oxygen atoms in total. The van der Waals surface area contributed by atoms with Crippen molar-refractivity contribution >= 4 is 5.78 Å². The molecule has 1 N–H and O–H groups in total. The SMILES string of the molecule is CNCC1CCCCCCCCCC(CN(C)C)C1=O. The van der Waals surface area contributed by atoms with Crippen LogP contribution in [0.25, 0.3) is 0 Å². The predicted octanol–water partition coefficient (Wildman–Crippen LogP) is 3.09. The fraction of sp³-hybridized carbons (Fsp3) is 0.941. The first kappa shape index (κ1) is 17.6. The number of nitrogens with zero attached hydrogens (tertiary/aromatic N) is 1. The Bertz CT molecular complexity index is 266. The molecule has 0 aromatic heterocycles. The van der Waals surface area contributed by atoms with Crippen LogP contribution in [0, 0.1) is 11.8 Å². The number of ketones is 1. The van der Waals surface area contributed by atoms with Crippen LogP contribution in [0.15, 0.2) is 0 Å². The summed E-state index contributed by atoms with van der Waals surface area (Å²) in [5.41, 5.74) is 0. The maximum absolute atomic E-state index is 12.8. The van der Waals surface area contributed by atoms with Gasteiger partial charge in [-0.2, -0.15) is 0 Å². The lowest BCUT2D eigenvalue weighted by molar-refractivity contribution is -0.127. The molecule has 0 spiro atoms. The zero-order valence-electron chi connectivity index (χ0n) is 13.8. The minimum absolute atomic E-state index is 0.226. The van der Waals surface area contributed by atoms with Crippen LogP contribution in [0.2, 0.25) is 0 Å². The Labute approximate surface area is 125 Å². The number of hydrogen-bond acceptors (Lipinski definition) is 3. The third-order valence-electron chi connectivity index (χ3n) is 4.45. The van der Waals surface area contributed by atoms with Gasteiger partial charge in [-0.25, -0.2) is 0 Å². The van der Waals surface area contributed by atoms with Crippen molar-refractivity contribution in [3.63, 3.8) is 0 Å². The van der Waals surface area contributed by atoms with Crippen molar-refractivity contribution in [3.8, 4) is 0 Å². The van der Waals surface area contributed by atoms with Gasteiger partial charge in [-0.3, -0.25) is 4.79 Å². The summed E-state index contributed by atoms with van der Waals surface area (Å²) in [4.78, 5) is 15.0. The largest absolute Gasteiger partial charge is 0.319 e. The number of hydrogen-bond donors (Lipinski definition) is 1. The molecule has 20 heavy (non-hydrogen) atoms. The van der Waals surface area contributed by atoms with Crippen molar-refractivity contribution in [2.75, 3.05) is 34.2 Å². The molecule has 0 amide bonds. The summed E-state index contributed by atoms with van der Waals surface area (Å²) in [6, 6.07) is 0. The smallest absolute Gasteiger partial charge is 0.141 e. The van der Waals surface area contributed by atoms with E-state index in [1.165, 1.54) is 44.9 Å². The molecule has 1 aliphatic carbocycles. The molecule has 0 saturated heterocycles. The van der Waals surface area contributed by atoms with E-state index in [0.29, 0.717) is 5.78 Å². The lowest BCUT2D eigenvalue weighted by Crippen LogP contribution is -2.36. The van der Waals surface area contributed by atoms with Crippen LogP contribution in [0.3, 0.4) is 0 Å². The van der Waals surface area contributed by atoms with Crippen molar-refractivity contribution in [2.45, 2.75) is 57.8 Å². The second kappa shape index (κ2) is 10.3. The van der Waals surface area contributed by atoms with Gasteiger partial charge in [-0.15, -0.1) is 0 Å². The Hall–Kier alpha value is -0.410. The van der Waals surface area contributed by atoms with Crippen molar-refractivity contribution in [1.82, 2.24) is 10.2 Å². The average Bonchev–Trinajstić information content (AvgIpc) is 2.40. The molecule has 0 bridgehead atoms. The van der Waals surface area contributed by atoms with Gasteiger partial charge in [0.1, 0.15) is 5.78 Å². The first-order valence-electron chi connectivity index (χ1n) is 8.48. The van der Waals surface area contributed by atoms with Crippen molar-refractivity contribution < 1.29 is 4.79 Å². The van der Waals surface area contributed by atoms with Gasteiger partial charge in [0.2, 0.25) is 0 Å². The highest BCUT2D eigenvalue weighted by Gasteiger charge is 2.26. The summed E-state index contributed by atoms with van der Waals surface area (Å²) in [5, 5.41) is 3.22. The van der Waals surface area contributed by atoms with E-state index < -0.39 is 0 Å². The normalized spacial score (nSPS) is 27.1. The molecule has 1 rings (SSSR count). The van der Waals surface area contributed by atoms with E-state index >= 15 is 0 Å². The molecule has 0 heterocycles.